The largest absolute Gasteiger partial charge is 0.494 e. The molecular formula is C29H30BrOP. The smallest absolute Gasteiger partial charge is 0.119 e. The van der Waals surface area contributed by atoms with Crippen molar-refractivity contribution in [3.63, 3.8) is 0 Å². The lowest BCUT2D eigenvalue weighted by atomic mass is 10.2. The van der Waals surface area contributed by atoms with Gasteiger partial charge in [0.25, 0.3) is 0 Å². The van der Waals surface area contributed by atoms with E-state index >= 15 is 0 Å². The summed E-state index contributed by atoms with van der Waals surface area (Å²) < 4.78 is 5.53. The van der Waals surface area contributed by atoms with Crippen LogP contribution in [0.2, 0.25) is 0 Å². The summed E-state index contributed by atoms with van der Waals surface area (Å²) in [5, 5.41) is 5.10. The van der Waals surface area contributed by atoms with E-state index < -0.39 is 7.92 Å². The van der Waals surface area contributed by atoms with Crippen molar-refractivity contribution in [1.29, 1.82) is 0 Å². The fraction of sp³-hybridized carbons (Fsp3) is 0.172. The average Bonchev–Trinajstić information content (AvgIpc) is 2.87. The van der Waals surface area contributed by atoms with Crippen LogP contribution in [-0.4, -0.2) is 6.61 Å². The number of halogens is 1. The second-order valence-electron chi connectivity index (χ2n) is 7.32. The third kappa shape index (κ3) is 7.62. The molecule has 32 heavy (non-hydrogen) atoms. The van der Waals surface area contributed by atoms with Crippen LogP contribution < -0.4 is 20.7 Å². The van der Waals surface area contributed by atoms with E-state index in [-0.39, 0.29) is 0 Å². The maximum atomic E-state index is 5.53. The predicted octanol–water partition coefficient (Wildman–Crippen LogP) is 7.21. The van der Waals surface area contributed by atoms with Crippen LogP contribution in [-0.2, 0) is 5.33 Å². The summed E-state index contributed by atoms with van der Waals surface area (Å²) in [4.78, 5) is 0. The van der Waals surface area contributed by atoms with E-state index in [1.165, 1.54) is 27.9 Å². The predicted molar refractivity (Wildman–Crippen MR) is 145 cm³/mol. The maximum Gasteiger partial charge on any atom is 0.119 e. The van der Waals surface area contributed by atoms with Gasteiger partial charge in [0.15, 0.2) is 0 Å². The quantitative estimate of drug-likeness (QED) is 0.140. The Balaban J connectivity index is 0.000000195. The monoisotopic (exact) mass is 504 g/mol. The zero-order chi connectivity index (χ0) is 22.4. The molecule has 0 aliphatic rings. The first kappa shape index (κ1) is 24.2. The summed E-state index contributed by atoms with van der Waals surface area (Å²) >= 11 is 3.41. The topological polar surface area (TPSA) is 9.23 Å². The number of benzene rings is 4. The van der Waals surface area contributed by atoms with Crippen LogP contribution in [0.25, 0.3) is 0 Å². The molecule has 4 aromatic rings. The normalized spacial score (nSPS) is 10.3. The summed E-state index contributed by atoms with van der Waals surface area (Å²) in [6, 6.07) is 40.5. The summed E-state index contributed by atoms with van der Waals surface area (Å²) in [5.41, 5.74) is 1.28. The zero-order valence-electron chi connectivity index (χ0n) is 18.5. The lowest BCUT2D eigenvalue weighted by Crippen LogP contribution is -2.20. The fourth-order valence-corrected chi connectivity index (χ4v) is 5.87. The molecule has 0 spiro atoms. The van der Waals surface area contributed by atoms with Gasteiger partial charge in [-0.05, 0) is 48.0 Å². The summed E-state index contributed by atoms with van der Waals surface area (Å²) in [6.45, 7) is 2.99. The Labute approximate surface area is 202 Å². The first-order chi connectivity index (χ1) is 15.8. The van der Waals surface area contributed by atoms with E-state index in [4.69, 9.17) is 4.74 Å². The highest BCUT2D eigenvalue weighted by Gasteiger charge is 2.14. The van der Waals surface area contributed by atoms with Gasteiger partial charge >= 0.3 is 0 Å². The molecule has 4 rings (SSSR count). The maximum absolute atomic E-state index is 5.53. The minimum absolute atomic E-state index is 0.446. The van der Waals surface area contributed by atoms with Gasteiger partial charge in [-0.2, -0.15) is 0 Å². The van der Waals surface area contributed by atoms with Crippen LogP contribution in [0.4, 0.5) is 0 Å². The van der Waals surface area contributed by atoms with Crippen molar-refractivity contribution in [3.05, 3.63) is 121 Å². The SMILES string of the molecule is CCCCOc1ccc(CBr)cc1.c1ccc(P(c2ccccc2)c2ccccc2)cc1. The first-order valence-corrected chi connectivity index (χ1v) is 13.5. The summed E-state index contributed by atoms with van der Waals surface area (Å²) in [7, 11) is -0.446. The van der Waals surface area contributed by atoms with Crippen LogP contribution in [0, 0.1) is 0 Å². The third-order valence-corrected chi connectivity index (χ3v) is 7.98. The van der Waals surface area contributed by atoms with Crippen LogP contribution in [0.5, 0.6) is 5.75 Å². The molecule has 0 radical (unpaired) electrons. The van der Waals surface area contributed by atoms with Crippen molar-refractivity contribution >= 4 is 39.8 Å². The number of alkyl halides is 1. The third-order valence-electron chi connectivity index (χ3n) is 4.89. The minimum Gasteiger partial charge on any atom is -0.494 e. The summed E-state index contributed by atoms with van der Waals surface area (Å²) in [5.74, 6) is 0.971. The van der Waals surface area contributed by atoms with Crippen LogP contribution in [0.1, 0.15) is 25.3 Å². The zero-order valence-corrected chi connectivity index (χ0v) is 21.0. The van der Waals surface area contributed by atoms with Crippen molar-refractivity contribution in [2.45, 2.75) is 25.1 Å². The highest BCUT2D eigenvalue weighted by Crippen LogP contribution is 2.32. The van der Waals surface area contributed by atoms with Crippen molar-refractivity contribution in [1.82, 2.24) is 0 Å². The van der Waals surface area contributed by atoms with E-state index in [0.29, 0.717) is 0 Å². The minimum atomic E-state index is -0.446. The molecule has 0 amide bonds. The molecule has 0 aromatic heterocycles. The van der Waals surface area contributed by atoms with E-state index in [1.54, 1.807) is 0 Å². The van der Waals surface area contributed by atoms with E-state index in [0.717, 1.165) is 24.1 Å². The lowest BCUT2D eigenvalue weighted by molar-refractivity contribution is 0.309. The Morgan fingerprint density at radius 1 is 0.625 bits per heavy atom. The highest BCUT2D eigenvalue weighted by atomic mass is 79.9. The molecule has 3 heteroatoms. The summed E-state index contributed by atoms with van der Waals surface area (Å²) in [6.07, 6.45) is 2.31. The number of ether oxygens (including phenoxy) is 1. The van der Waals surface area contributed by atoms with Gasteiger partial charge in [-0.1, -0.05) is 132 Å². The highest BCUT2D eigenvalue weighted by molar-refractivity contribution is 9.08. The number of hydrogen-bond acceptors (Lipinski definition) is 1. The molecule has 0 heterocycles. The van der Waals surface area contributed by atoms with Crippen molar-refractivity contribution in [3.8, 4) is 5.75 Å². The number of rotatable bonds is 8. The van der Waals surface area contributed by atoms with E-state index in [1.807, 2.05) is 12.1 Å². The van der Waals surface area contributed by atoms with Gasteiger partial charge in [-0.15, -0.1) is 0 Å². The van der Waals surface area contributed by atoms with Crippen molar-refractivity contribution < 1.29 is 4.74 Å². The van der Waals surface area contributed by atoms with E-state index in [2.05, 4.69) is 126 Å². The van der Waals surface area contributed by atoms with Gasteiger partial charge in [0.05, 0.1) is 6.61 Å². The molecule has 0 aliphatic heterocycles. The molecule has 0 saturated carbocycles. The Kier molecular flexibility index (Phi) is 10.5. The van der Waals surface area contributed by atoms with Crippen LogP contribution >= 0.6 is 23.9 Å². The molecule has 0 N–H and O–H groups in total. The Bertz CT molecular complexity index is 911. The first-order valence-electron chi connectivity index (χ1n) is 11.0. The molecule has 164 valence electrons. The Morgan fingerprint density at radius 2 is 1.06 bits per heavy atom. The van der Waals surface area contributed by atoms with Crippen molar-refractivity contribution in [2.24, 2.45) is 0 Å². The van der Waals surface area contributed by atoms with Crippen LogP contribution in [0.3, 0.4) is 0 Å². The standard InChI is InChI=1S/C18H15P.C11H15BrO/c1-4-10-16(11-5-1)19(17-12-6-2-7-13-17)18-14-8-3-9-15-18;1-2-3-8-13-11-6-4-10(9-12)5-7-11/h1-15H;4-7H,2-3,8-9H2,1H3. The van der Waals surface area contributed by atoms with Gasteiger partial charge in [0.1, 0.15) is 5.75 Å². The molecule has 0 atom stereocenters. The second kappa shape index (κ2) is 13.9. The van der Waals surface area contributed by atoms with E-state index in [9.17, 15) is 0 Å². The molecule has 0 saturated heterocycles. The average molecular weight is 505 g/mol. The molecule has 0 aliphatic carbocycles. The Morgan fingerprint density at radius 3 is 1.44 bits per heavy atom. The van der Waals surface area contributed by atoms with Gasteiger partial charge in [-0.3, -0.25) is 0 Å². The van der Waals surface area contributed by atoms with Gasteiger partial charge < -0.3 is 4.74 Å². The molecule has 1 nitrogen and oxygen atoms in total. The van der Waals surface area contributed by atoms with Gasteiger partial charge in [0, 0.05) is 5.33 Å². The molecule has 0 bridgehead atoms. The number of unbranched alkanes of at least 4 members (excludes halogenated alkanes) is 1. The molecule has 4 aromatic carbocycles. The van der Waals surface area contributed by atoms with Gasteiger partial charge in [-0.25, -0.2) is 0 Å². The number of hydrogen-bond donors (Lipinski definition) is 0. The molecule has 0 unspecified atom stereocenters. The lowest BCUT2D eigenvalue weighted by Gasteiger charge is -2.18. The van der Waals surface area contributed by atoms with Crippen LogP contribution in [0.15, 0.2) is 115 Å². The Hall–Kier alpha value is -2.41. The fourth-order valence-electron chi connectivity index (χ4n) is 3.19. The molecule has 0 fully saturated rings. The van der Waals surface area contributed by atoms with Crippen molar-refractivity contribution in [2.75, 3.05) is 6.61 Å². The second-order valence-corrected chi connectivity index (χ2v) is 10.1. The van der Waals surface area contributed by atoms with Gasteiger partial charge in [0.2, 0.25) is 0 Å². The molecular weight excluding hydrogens is 475 g/mol.